The Morgan fingerprint density at radius 2 is 1.47 bits per heavy atom. The van der Waals surface area contributed by atoms with Crippen molar-refractivity contribution in [2.75, 3.05) is 0 Å². The molecule has 0 N–H and O–H groups in total. The summed E-state index contributed by atoms with van der Waals surface area (Å²) in [5, 5.41) is 7.40. The smallest absolute Gasteiger partial charge is 0.163 e. The zero-order valence-electron chi connectivity index (χ0n) is 36.4. The normalized spacial score (nSPS) is 18.5. The molecule has 5 nitrogen and oxygen atoms in total. The number of hydrogen-bond acceptors (Lipinski definition) is 6. The molecule has 2 aliphatic carbocycles. The van der Waals surface area contributed by atoms with Gasteiger partial charge in [0.25, 0.3) is 0 Å². The molecule has 3 unspecified atom stereocenters. The summed E-state index contributed by atoms with van der Waals surface area (Å²) in [5.41, 5.74) is 7.62. The maximum absolute atomic E-state index is 6.72. The zero-order chi connectivity index (χ0) is 44.1. The maximum atomic E-state index is 6.72. The summed E-state index contributed by atoms with van der Waals surface area (Å²) in [6, 6.07) is 48.1. The SMILES string of the molecule is C=Cc1sc2ccc(-c3nc(-c4ccc5sc6ccccc6c5c4)nc(C4C=CC=C5Oc6ccc(C7(C)C=c8c(n(-c9ccccc9)c9ccccc89)=CC7)cc6C54)n3)cc2c1/C=C\C. The average molecular weight is 887 g/mol. The lowest BCUT2D eigenvalue weighted by molar-refractivity contribution is 0.414. The molecule has 0 saturated carbocycles. The van der Waals surface area contributed by atoms with Gasteiger partial charge in [-0.2, -0.15) is 0 Å². The largest absolute Gasteiger partial charge is 0.461 e. The Bertz CT molecular complexity index is 3900. The topological polar surface area (TPSA) is 52.8 Å². The number of para-hydroxylation sites is 2. The highest BCUT2D eigenvalue weighted by molar-refractivity contribution is 7.25. The molecule has 3 aliphatic rings. The molecule has 66 heavy (non-hydrogen) atoms. The van der Waals surface area contributed by atoms with E-state index in [-0.39, 0.29) is 17.3 Å². The Kier molecular flexibility index (Phi) is 8.89. The van der Waals surface area contributed by atoms with Crippen LogP contribution in [0, 0.1) is 0 Å². The molecule has 0 radical (unpaired) electrons. The number of fused-ring (bicyclic) bond motifs is 10. The van der Waals surface area contributed by atoms with Crippen molar-refractivity contribution in [1.82, 2.24) is 19.5 Å². The van der Waals surface area contributed by atoms with Crippen LogP contribution in [-0.4, -0.2) is 19.5 Å². The van der Waals surface area contributed by atoms with E-state index in [1.165, 1.54) is 63.2 Å². The molecule has 0 amide bonds. The molecule has 0 bridgehead atoms. The van der Waals surface area contributed by atoms with E-state index < -0.39 is 0 Å². The monoisotopic (exact) mass is 886 g/mol. The van der Waals surface area contributed by atoms with Crippen LogP contribution in [0.25, 0.3) is 93.9 Å². The van der Waals surface area contributed by atoms with Gasteiger partial charge in [0.15, 0.2) is 11.6 Å². The predicted octanol–water partition coefficient (Wildman–Crippen LogP) is 14.0. The highest BCUT2D eigenvalue weighted by Gasteiger charge is 2.40. The fourth-order valence-electron chi connectivity index (χ4n) is 10.5. The molecule has 0 spiro atoms. The predicted molar refractivity (Wildman–Crippen MR) is 277 cm³/mol. The van der Waals surface area contributed by atoms with Crippen molar-refractivity contribution < 1.29 is 4.74 Å². The first-order valence-electron chi connectivity index (χ1n) is 22.5. The van der Waals surface area contributed by atoms with E-state index in [1.807, 2.05) is 17.4 Å². The van der Waals surface area contributed by atoms with Gasteiger partial charge >= 0.3 is 0 Å². The zero-order valence-corrected chi connectivity index (χ0v) is 38.0. The van der Waals surface area contributed by atoms with Crippen LogP contribution in [0.3, 0.4) is 0 Å². The van der Waals surface area contributed by atoms with Crippen LogP contribution in [0.5, 0.6) is 5.75 Å². The van der Waals surface area contributed by atoms with Crippen LogP contribution in [0.1, 0.15) is 59.5 Å². The molecule has 3 atom stereocenters. The molecule has 6 aromatic carbocycles. The van der Waals surface area contributed by atoms with Crippen molar-refractivity contribution in [3.05, 3.63) is 208 Å². The summed E-state index contributed by atoms with van der Waals surface area (Å²) in [6.45, 7) is 8.55. The van der Waals surface area contributed by atoms with Gasteiger partial charge in [-0.3, -0.25) is 0 Å². The molecule has 1 aliphatic heterocycles. The van der Waals surface area contributed by atoms with Crippen molar-refractivity contribution in [1.29, 1.82) is 0 Å². The lowest BCUT2D eigenvalue weighted by Gasteiger charge is -2.29. The van der Waals surface area contributed by atoms with Crippen molar-refractivity contribution in [2.45, 2.75) is 37.5 Å². The van der Waals surface area contributed by atoms with Gasteiger partial charge in [-0.15, -0.1) is 22.7 Å². The van der Waals surface area contributed by atoms with E-state index in [2.05, 4.69) is 201 Å². The molecule has 0 fully saturated rings. The van der Waals surface area contributed by atoms with E-state index in [1.54, 1.807) is 11.3 Å². The Hall–Kier alpha value is -7.45. The number of allylic oxidation sites excluding steroid dienone is 5. The minimum Gasteiger partial charge on any atom is -0.461 e. The second kappa shape index (κ2) is 15.1. The third-order valence-electron chi connectivity index (χ3n) is 13.7. The first kappa shape index (κ1) is 39.0. The Balaban J connectivity index is 0.951. The van der Waals surface area contributed by atoms with E-state index in [9.17, 15) is 0 Å². The van der Waals surface area contributed by atoms with Crippen molar-refractivity contribution in [3.8, 4) is 34.2 Å². The fraction of sp³-hybridized carbons (Fsp3) is 0.102. The highest BCUT2D eigenvalue weighted by Crippen LogP contribution is 2.52. The van der Waals surface area contributed by atoms with Gasteiger partial charge in [-0.25, -0.2) is 15.0 Å². The van der Waals surface area contributed by atoms with Gasteiger partial charge in [0.05, 0.1) is 17.4 Å². The fourth-order valence-corrected chi connectivity index (χ4v) is 12.6. The molecule has 7 heteroatoms. The van der Waals surface area contributed by atoms with Crippen LogP contribution < -0.4 is 15.3 Å². The number of thiophene rings is 2. The van der Waals surface area contributed by atoms with Crippen LogP contribution >= 0.6 is 22.7 Å². The van der Waals surface area contributed by atoms with Crippen LogP contribution in [0.15, 0.2) is 170 Å². The quantitative estimate of drug-likeness (QED) is 0.160. The summed E-state index contributed by atoms with van der Waals surface area (Å²) in [4.78, 5) is 17.2. The number of benzene rings is 6. The summed E-state index contributed by atoms with van der Waals surface area (Å²) >= 11 is 3.57. The minimum absolute atomic E-state index is 0.112. The third-order valence-corrected chi connectivity index (χ3v) is 16.1. The number of ether oxygens (including phenoxy) is 1. The molecule has 10 aromatic rings. The van der Waals surface area contributed by atoms with Gasteiger partial charge < -0.3 is 9.30 Å². The van der Waals surface area contributed by atoms with E-state index >= 15 is 0 Å². The van der Waals surface area contributed by atoms with E-state index in [0.29, 0.717) is 17.5 Å². The van der Waals surface area contributed by atoms with E-state index in [0.717, 1.165) is 44.9 Å². The van der Waals surface area contributed by atoms with Gasteiger partial charge in [0, 0.05) is 78.9 Å². The van der Waals surface area contributed by atoms with Crippen molar-refractivity contribution in [3.63, 3.8) is 0 Å². The lowest BCUT2D eigenvalue weighted by Crippen LogP contribution is -2.37. The second-order valence-corrected chi connectivity index (χ2v) is 19.9. The average Bonchev–Trinajstić information content (AvgIpc) is 4.12. The van der Waals surface area contributed by atoms with Crippen LogP contribution in [0.4, 0.5) is 0 Å². The highest BCUT2D eigenvalue weighted by atomic mass is 32.1. The maximum Gasteiger partial charge on any atom is 0.163 e. The number of aromatic nitrogens is 4. The van der Waals surface area contributed by atoms with Crippen molar-refractivity contribution >= 4 is 88.1 Å². The standard InChI is InChI=1S/C59H42N4OS2/c1-4-14-40-43-31-35(23-27-53(43)65-51(40)5-2)56-60-57(36-24-28-54-44(32-36)41-18-10-12-22-52(41)66-54)62-58(61-56)42-19-13-21-50-55(42)45-33-37(25-26-49(45)64-50)59(3)30-29-48-46(34-59)39-17-9-11-20-47(39)63(48)38-15-7-6-8-16-38/h4-29,31-34,42,55H,2,30H2,1,3H3/b14-4-. The van der Waals surface area contributed by atoms with Gasteiger partial charge in [0.1, 0.15) is 17.3 Å². The third kappa shape index (κ3) is 6.07. The summed E-state index contributed by atoms with van der Waals surface area (Å²) in [7, 11) is 0. The first-order chi connectivity index (χ1) is 32.4. The van der Waals surface area contributed by atoms with Gasteiger partial charge in [-0.1, -0.05) is 123 Å². The summed E-state index contributed by atoms with van der Waals surface area (Å²) in [5.74, 6) is 3.50. The number of nitrogens with zero attached hydrogens (tertiary/aromatic N) is 4. The molecule has 5 heterocycles. The molecule has 316 valence electrons. The Morgan fingerprint density at radius 3 is 2.27 bits per heavy atom. The van der Waals surface area contributed by atoms with Crippen molar-refractivity contribution in [2.24, 2.45) is 0 Å². The van der Waals surface area contributed by atoms with Crippen LogP contribution in [0.2, 0.25) is 0 Å². The molecular weight excluding hydrogens is 845 g/mol. The molecule has 0 saturated heterocycles. The molecule has 13 rings (SSSR count). The Labute approximate surface area is 390 Å². The lowest BCUT2D eigenvalue weighted by atomic mass is 9.74. The first-order valence-corrected chi connectivity index (χ1v) is 24.2. The summed E-state index contributed by atoms with van der Waals surface area (Å²) in [6.07, 6.45) is 18.4. The minimum atomic E-state index is -0.254. The molecule has 4 aromatic heterocycles. The Morgan fingerprint density at radius 1 is 0.742 bits per heavy atom. The second-order valence-electron chi connectivity index (χ2n) is 17.7. The number of hydrogen-bond donors (Lipinski definition) is 0. The van der Waals surface area contributed by atoms with Crippen LogP contribution in [-0.2, 0) is 5.41 Å². The number of rotatable bonds is 7. The summed E-state index contributed by atoms with van der Waals surface area (Å²) < 4.78 is 12.8. The van der Waals surface area contributed by atoms with Gasteiger partial charge in [-0.05, 0) is 97.3 Å². The molecular formula is C59H42N4OS2. The van der Waals surface area contributed by atoms with E-state index in [4.69, 9.17) is 19.7 Å². The van der Waals surface area contributed by atoms with Gasteiger partial charge in [0.2, 0.25) is 0 Å².